The van der Waals surface area contributed by atoms with Crippen LogP contribution in [0.4, 0.5) is 0 Å². The molecule has 1 aromatic rings. The molecule has 2 rings (SSSR count). The summed E-state index contributed by atoms with van der Waals surface area (Å²) in [4.78, 5) is 0. The SMILES string of the molecule is COc1cc(C)c(Br)cc1C(N)C1CCCCCC1. The number of nitrogens with two attached hydrogens (primary N) is 1. The number of halogens is 1. The van der Waals surface area contributed by atoms with Gasteiger partial charge in [-0.25, -0.2) is 0 Å². The molecular formula is C16H24BrNO. The quantitative estimate of drug-likeness (QED) is 0.815. The topological polar surface area (TPSA) is 35.2 Å². The van der Waals surface area contributed by atoms with Crippen molar-refractivity contribution in [2.24, 2.45) is 11.7 Å². The second kappa shape index (κ2) is 6.76. The molecule has 1 unspecified atom stereocenters. The van der Waals surface area contributed by atoms with Gasteiger partial charge in [0.15, 0.2) is 0 Å². The minimum Gasteiger partial charge on any atom is -0.496 e. The minimum atomic E-state index is 0.0879. The zero-order chi connectivity index (χ0) is 13.8. The molecule has 1 fully saturated rings. The molecule has 1 saturated carbocycles. The lowest BCUT2D eigenvalue weighted by atomic mass is 9.87. The number of methoxy groups -OCH3 is 1. The van der Waals surface area contributed by atoms with Crippen LogP contribution >= 0.6 is 15.9 Å². The van der Waals surface area contributed by atoms with Gasteiger partial charge < -0.3 is 10.5 Å². The molecule has 0 heterocycles. The second-order valence-corrected chi connectivity index (χ2v) is 6.48. The zero-order valence-corrected chi connectivity index (χ0v) is 13.5. The Morgan fingerprint density at radius 3 is 2.42 bits per heavy atom. The first-order chi connectivity index (χ1) is 9.13. The van der Waals surface area contributed by atoms with Gasteiger partial charge >= 0.3 is 0 Å². The highest BCUT2D eigenvalue weighted by Gasteiger charge is 2.24. The third-order valence-corrected chi connectivity index (χ3v) is 5.13. The van der Waals surface area contributed by atoms with Gasteiger partial charge in [-0.15, -0.1) is 0 Å². The Bertz CT molecular complexity index is 425. The molecule has 19 heavy (non-hydrogen) atoms. The highest BCUT2D eigenvalue weighted by Crippen LogP contribution is 2.37. The summed E-state index contributed by atoms with van der Waals surface area (Å²) in [5.74, 6) is 1.52. The van der Waals surface area contributed by atoms with Crippen LogP contribution in [0.15, 0.2) is 16.6 Å². The fourth-order valence-electron chi connectivity index (χ4n) is 3.03. The Morgan fingerprint density at radius 2 is 1.84 bits per heavy atom. The second-order valence-electron chi connectivity index (χ2n) is 5.62. The van der Waals surface area contributed by atoms with Crippen LogP contribution in [0.5, 0.6) is 5.75 Å². The maximum Gasteiger partial charge on any atom is 0.123 e. The van der Waals surface area contributed by atoms with Crippen LogP contribution in [0.1, 0.15) is 55.7 Å². The van der Waals surface area contributed by atoms with Gasteiger partial charge in [-0.3, -0.25) is 0 Å². The highest BCUT2D eigenvalue weighted by molar-refractivity contribution is 9.10. The number of ether oxygens (including phenoxy) is 1. The van der Waals surface area contributed by atoms with E-state index in [1.54, 1.807) is 7.11 Å². The molecule has 1 atom stereocenters. The van der Waals surface area contributed by atoms with Crippen molar-refractivity contribution in [2.75, 3.05) is 7.11 Å². The molecular weight excluding hydrogens is 302 g/mol. The molecule has 2 N–H and O–H groups in total. The Morgan fingerprint density at radius 1 is 1.21 bits per heavy atom. The number of aryl methyl sites for hydroxylation is 1. The molecule has 0 radical (unpaired) electrons. The van der Waals surface area contributed by atoms with E-state index in [1.807, 2.05) is 0 Å². The van der Waals surface area contributed by atoms with Gasteiger partial charge in [0.05, 0.1) is 7.11 Å². The summed E-state index contributed by atoms with van der Waals surface area (Å²) in [6, 6.07) is 4.31. The molecule has 0 amide bonds. The van der Waals surface area contributed by atoms with Gasteiger partial charge in [-0.2, -0.15) is 0 Å². The van der Waals surface area contributed by atoms with Crippen LogP contribution in [0.25, 0.3) is 0 Å². The Balaban J connectivity index is 2.26. The number of rotatable bonds is 3. The normalized spacial score (nSPS) is 18.9. The van der Waals surface area contributed by atoms with E-state index in [2.05, 4.69) is 35.0 Å². The standard InChI is InChI=1S/C16H24BrNO/c1-11-9-15(19-2)13(10-14(11)17)16(18)12-7-5-3-4-6-8-12/h9-10,12,16H,3-8,18H2,1-2H3. The largest absolute Gasteiger partial charge is 0.496 e. The first-order valence-electron chi connectivity index (χ1n) is 7.23. The van der Waals surface area contributed by atoms with Gasteiger partial charge in [0, 0.05) is 16.1 Å². The third kappa shape index (κ3) is 3.51. The monoisotopic (exact) mass is 325 g/mol. The first-order valence-corrected chi connectivity index (χ1v) is 8.02. The van der Waals surface area contributed by atoms with Crippen LogP contribution in [0, 0.1) is 12.8 Å². The summed E-state index contributed by atoms with van der Waals surface area (Å²) in [7, 11) is 1.73. The Kier molecular flexibility index (Phi) is 5.28. The molecule has 1 aliphatic rings. The van der Waals surface area contributed by atoms with E-state index in [0.29, 0.717) is 5.92 Å². The molecule has 106 valence electrons. The van der Waals surface area contributed by atoms with E-state index in [0.717, 1.165) is 15.8 Å². The maximum absolute atomic E-state index is 6.53. The lowest BCUT2D eigenvalue weighted by Gasteiger charge is -2.25. The summed E-state index contributed by atoms with van der Waals surface area (Å²) in [6.45, 7) is 2.08. The number of hydrogen-bond donors (Lipinski definition) is 1. The van der Waals surface area contributed by atoms with E-state index in [1.165, 1.54) is 44.1 Å². The summed E-state index contributed by atoms with van der Waals surface area (Å²) in [5, 5.41) is 0. The summed E-state index contributed by atoms with van der Waals surface area (Å²) >= 11 is 3.61. The molecule has 0 spiro atoms. The number of benzene rings is 1. The first kappa shape index (κ1) is 14.9. The number of hydrogen-bond acceptors (Lipinski definition) is 2. The van der Waals surface area contributed by atoms with Crippen molar-refractivity contribution in [3.05, 3.63) is 27.7 Å². The minimum absolute atomic E-state index is 0.0879. The van der Waals surface area contributed by atoms with Gasteiger partial charge in [0.1, 0.15) is 5.75 Å². The van der Waals surface area contributed by atoms with Gasteiger partial charge in [-0.1, -0.05) is 41.6 Å². The molecule has 0 aliphatic heterocycles. The maximum atomic E-state index is 6.53. The molecule has 0 aromatic heterocycles. The summed E-state index contributed by atoms with van der Waals surface area (Å²) in [6.07, 6.45) is 7.84. The van der Waals surface area contributed by atoms with Gasteiger partial charge in [0.25, 0.3) is 0 Å². The van der Waals surface area contributed by atoms with Crippen molar-refractivity contribution in [1.29, 1.82) is 0 Å². The predicted molar refractivity (Wildman–Crippen MR) is 83.6 cm³/mol. The molecule has 2 nitrogen and oxygen atoms in total. The van der Waals surface area contributed by atoms with Crippen LogP contribution < -0.4 is 10.5 Å². The van der Waals surface area contributed by atoms with E-state index < -0.39 is 0 Å². The zero-order valence-electron chi connectivity index (χ0n) is 11.9. The lowest BCUT2D eigenvalue weighted by Crippen LogP contribution is -2.22. The van der Waals surface area contributed by atoms with Crippen molar-refractivity contribution in [3.8, 4) is 5.75 Å². The van der Waals surface area contributed by atoms with Crippen molar-refractivity contribution in [1.82, 2.24) is 0 Å². The Labute approximate surface area is 124 Å². The fourth-order valence-corrected chi connectivity index (χ4v) is 3.39. The summed E-state index contributed by atoms with van der Waals surface area (Å²) < 4.78 is 6.64. The van der Waals surface area contributed by atoms with Crippen molar-refractivity contribution < 1.29 is 4.74 Å². The Hall–Kier alpha value is -0.540. The van der Waals surface area contributed by atoms with E-state index in [4.69, 9.17) is 10.5 Å². The van der Waals surface area contributed by atoms with E-state index in [-0.39, 0.29) is 6.04 Å². The lowest BCUT2D eigenvalue weighted by molar-refractivity contribution is 0.358. The molecule has 0 bridgehead atoms. The van der Waals surface area contributed by atoms with Crippen LogP contribution in [-0.2, 0) is 0 Å². The van der Waals surface area contributed by atoms with E-state index in [9.17, 15) is 0 Å². The van der Waals surface area contributed by atoms with Gasteiger partial charge in [0.2, 0.25) is 0 Å². The summed E-state index contributed by atoms with van der Waals surface area (Å²) in [5.41, 5.74) is 8.87. The van der Waals surface area contributed by atoms with Crippen LogP contribution in [0.2, 0.25) is 0 Å². The average molecular weight is 326 g/mol. The van der Waals surface area contributed by atoms with Crippen molar-refractivity contribution in [3.63, 3.8) is 0 Å². The van der Waals surface area contributed by atoms with Gasteiger partial charge in [-0.05, 0) is 43.4 Å². The average Bonchev–Trinajstić information content (AvgIpc) is 2.69. The fraction of sp³-hybridized carbons (Fsp3) is 0.625. The predicted octanol–water partition coefficient (Wildman–Crippen LogP) is 4.74. The smallest absolute Gasteiger partial charge is 0.123 e. The van der Waals surface area contributed by atoms with E-state index >= 15 is 0 Å². The molecule has 0 saturated heterocycles. The van der Waals surface area contributed by atoms with Crippen molar-refractivity contribution in [2.45, 2.75) is 51.5 Å². The third-order valence-electron chi connectivity index (χ3n) is 4.28. The van der Waals surface area contributed by atoms with Crippen LogP contribution in [0.3, 0.4) is 0 Å². The molecule has 1 aromatic carbocycles. The van der Waals surface area contributed by atoms with Crippen LogP contribution in [-0.4, -0.2) is 7.11 Å². The molecule has 1 aliphatic carbocycles. The van der Waals surface area contributed by atoms with Crippen molar-refractivity contribution >= 4 is 15.9 Å². The molecule has 3 heteroatoms. The highest BCUT2D eigenvalue weighted by atomic mass is 79.9.